The van der Waals surface area contributed by atoms with Crippen LogP contribution in [0.5, 0.6) is 0 Å². The summed E-state index contributed by atoms with van der Waals surface area (Å²) < 4.78 is 5.28. The zero-order chi connectivity index (χ0) is 14.8. The predicted octanol–water partition coefficient (Wildman–Crippen LogP) is 2.37. The smallest absolute Gasteiger partial charge is 0.410 e. The minimum absolute atomic E-state index is 0.0896. The van der Waals surface area contributed by atoms with Crippen LogP contribution >= 0.6 is 0 Å². The fourth-order valence-electron chi connectivity index (χ4n) is 3.05. The molecule has 1 aliphatic carbocycles. The van der Waals surface area contributed by atoms with Gasteiger partial charge in [-0.2, -0.15) is 0 Å². The Balaban J connectivity index is 1.56. The number of amides is 1. The summed E-state index contributed by atoms with van der Waals surface area (Å²) in [5.41, 5.74) is 0.929. The first kappa shape index (κ1) is 13.9. The molecule has 1 heterocycles. The lowest BCUT2D eigenvalue weighted by molar-refractivity contribution is -0.142. The number of hydrogen-bond donors (Lipinski definition) is 1. The van der Waals surface area contributed by atoms with Crippen molar-refractivity contribution >= 4 is 12.1 Å². The zero-order valence-electron chi connectivity index (χ0n) is 11.8. The van der Waals surface area contributed by atoms with Crippen LogP contribution in [0.25, 0.3) is 0 Å². The normalized spacial score (nSPS) is 24.9. The maximum atomic E-state index is 12.1. The van der Waals surface area contributed by atoms with E-state index in [1.165, 1.54) is 0 Å². The Morgan fingerprint density at radius 2 is 1.90 bits per heavy atom. The van der Waals surface area contributed by atoms with Gasteiger partial charge in [-0.1, -0.05) is 30.3 Å². The summed E-state index contributed by atoms with van der Waals surface area (Å²) in [4.78, 5) is 24.9. The van der Waals surface area contributed by atoms with Crippen LogP contribution in [0.4, 0.5) is 4.79 Å². The Labute approximate surface area is 123 Å². The number of nitrogens with zero attached hydrogens (tertiary/aromatic N) is 1. The van der Waals surface area contributed by atoms with E-state index in [0.717, 1.165) is 18.4 Å². The van der Waals surface area contributed by atoms with E-state index in [9.17, 15) is 14.7 Å². The standard InChI is InChI=1S/C16H19NO4/c18-15(19)14-9-17(8-13(14)12-6-7-12)16(20)21-10-11-4-2-1-3-5-11/h1-5,12-14H,6-10H2,(H,18,19). The highest BCUT2D eigenvalue weighted by molar-refractivity contribution is 5.74. The predicted molar refractivity (Wildman–Crippen MR) is 75.5 cm³/mol. The topological polar surface area (TPSA) is 66.8 Å². The molecule has 3 rings (SSSR count). The van der Waals surface area contributed by atoms with Gasteiger partial charge in [-0.3, -0.25) is 4.79 Å². The first-order valence-corrected chi connectivity index (χ1v) is 7.33. The van der Waals surface area contributed by atoms with Crippen LogP contribution in [0, 0.1) is 17.8 Å². The third-order valence-electron chi connectivity index (χ3n) is 4.37. The summed E-state index contributed by atoms with van der Waals surface area (Å²) >= 11 is 0. The average Bonchev–Trinajstić information content (AvgIpc) is 3.24. The number of carboxylic acids is 1. The summed E-state index contributed by atoms with van der Waals surface area (Å²) in [5, 5.41) is 9.29. The minimum Gasteiger partial charge on any atom is -0.481 e. The minimum atomic E-state index is -0.801. The number of rotatable bonds is 4. The molecule has 2 unspecified atom stereocenters. The van der Waals surface area contributed by atoms with Crippen LogP contribution in [0.3, 0.4) is 0 Å². The molecule has 2 aliphatic rings. The number of aliphatic carboxylic acids is 1. The van der Waals surface area contributed by atoms with Gasteiger partial charge in [0, 0.05) is 13.1 Å². The van der Waals surface area contributed by atoms with Crippen LogP contribution in [-0.2, 0) is 16.1 Å². The van der Waals surface area contributed by atoms with Crippen molar-refractivity contribution in [3.05, 3.63) is 35.9 Å². The first-order valence-electron chi connectivity index (χ1n) is 7.33. The molecule has 112 valence electrons. The maximum absolute atomic E-state index is 12.1. The van der Waals surface area contributed by atoms with Crippen molar-refractivity contribution in [1.82, 2.24) is 4.90 Å². The molecule has 5 nitrogen and oxygen atoms in total. The average molecular weight is 289 g/mol. The summed E-state index contributed by atoms with van der Waals surface area (Å²) in [6, 6.07) is 9.48. The Bertz CT molecular complexity index is 526. The molecule has 1 saturated carbocycles. The second-order valence-electron chi connectivity index (χ2n) is 5.89. The molecule has 1 aliphatic heterocycles. The van der Waals surface area contributed by atoms with E-state index >= 15 is 0 Å². The van der Waals surface area contributed by atoms with Gasteiger partial charge in [0.05, 0.1) is 5.92 Å². The SMILES string of the molecule is O=C(O)C1CN(C(=O)OCc2ccccc2)CC1C1CC1. The Morgan fingerprint density at radius 1 is 1.19 bits per heavy atom. The number of carboxylic acid groups (broad SMARTS) is 1. The maximum Gasteiger partial charge on any atom is 0.410 e. The largest absolute Gasteiger partial charge is 0.481 e. The van der Waals surface area contributed by atoms with Crippen LogP contribution in [0.15, 0.2) is 30.3 Å². The zero-order valence-corrected chi connectivity index (χ0v) is 11.8. The fraction of sp³-hybridized carbons (Fsp3) is 0.500. The van der Waals surface area contributed by atoms with Crippen LogP contribution in [0.1, 0.15) is 18.4 Å². The van der Waals surface area contributed by atoms with Crippen molar-refractivity contribution in [2.75, 3.05) is 13.1 Å². The molecule has 0 aromatic heterocycles. The Hall–Kier alpha value is -2.04. The van der Waals surface area contributed by atoms with Crippen LogP contribution in [-0.4, -0.2) is 35.2 Å². The van der Waals surface area contributed by atoms with Crippen molar-refractivity contribution in [3.63, 3.8) is 0 Å². The van der Waals surface area contributed by atoms with Gasteiger partial charge < -0.3 is 14.7 Å². The van der Waals surface area contributed by atoms with E-state index in [1.54, 1.807) is 4.90 Å². The van der Waals surface area contributed by atoms with Gasteiger partial charge in [-0.25, -0.2) is 4.79 Å². The molecule has 1 aromatic carbocycles. The van der Waals surface area contributed by atoms with E-state index in [1.807, 2.05) is 30.3 Å². The summed E-state index contributed by atoms with van der Waals surface area (Å²) in [7, 11) is 0. The van der Waals surface area contributed by atoms with Gasteiger partial charge in [0.1, 0.15) is 6.61 Å². The first-order chi connectivity index (χ1) is 10.1. The molecular weight excluding hydrogens is 270 g/mol. The van der Waals surface area contributed by atoms with Gasteiger partial charge >= 0.3 is 12.1 Å². The second-order valence-corrected chi connectivity index (χ2v) is 5.89. The van der Waals surface area contributed by atoms with Crippen LogP contribution in [0.2, 0.25) is 0 Å². The second kappa shape index (κ2) is 5.76. The molecular formula is C16H19NO4. The molecule has 0 radical (unpaired) electrons. The number of carbonyl (C=O) groups excluding carboxylic acids is 1. The quantitative estimate of drug-likeness (QED) is 0.924. The van der Waals surface area contributed by atoms with Gasteiger partial charge in [0.2, 0.25) is 0 Å². The van der Waals surface area contributed by atoms with E-state index < -0.39 is 18.0 Å². The molecule has 1 amide bonds. The summed E-state index contributed by atoms with van der Waals surface area (Å²) in [6.45, 7) is 1.00. The molecule has 1 aromatic rings. The highest BCUT2D eigenvalue weighted by Crippen LogP contribution is 2.44. The molecule has 2 atom stereocenters. The van der Waals surface area contributed by atoms with Crippen molar-refractivity contribution in [2.24, 2.45) is 17.8 Å². The lowest BCUT2D eigenvalue weighted by Gasteiger charge is -2.16. The number of benzene rings is 1. The highest BCUT2D eigenvalue weighted by Gasteiger charge is 2.47. The van der Waals surface area contributed by atoms with Crippen molar-refractivity contribution in [3.8, 4) is 0 Å². The molecule has 5 heteroatoms. The van der Waals surface area contributed by atoms with Crippen LogP contribution < -0.4 is 0 Å². The van der Waals surface area contributed by atoms with Crippen molar-refractivity contribution < 1.29 is 19.4 Å². The third-order valence-corrected chi connectivity index (χ3v) is 4.37. The number of carbonyl (C=O) groups is 2. The summed E-state index contributed by atoms with van der Waals surface area (Å²) in [6.07, 6.45) is 1.76. The molecule has 21 heavy (non-hydrogen) atoms. The monoisotopic (exact) mass is 289 g/mol. The highest BCUT2D eigenvalue weighted by atomic mass is 16.6. The van der Waals surface area contributed by atoms with E-state index in [0.29, 0.717) is 12.5 Å². The molecule has 1 N–H and O–H groups in total. The lowest BCUT2D eigenvalue weighted by atomic mass is 9.92. The van der Waals surface area contributed by atoms with E-state index in [4.69, 9.17) is 4.74 Å². The van der Waals surface area contributed by atoms with Crippen molar-refractivity contribution in [2.45, 2.75) is 19.4 Å². The third kappa shape index (κ3) is 3.17. The number of hydrogen-bond acceptors (Lipinski definition) is 3. The van der Waals surface area contributed by atoms with Crippen molar-refractivity contribution in [1.29, 1.82) is 0 Å². The Kier molecular flexibility index (Phi) is 3.82. The number of ether oxygens (including phenoxy) is 1. The molecule has 2 fully saturated rings. The van der Waals surface area contributed by atoms with Gasteiger partial charge in [-0.15, -0.1) is 0 Å². The van der Waals surface area contributed by atoms with Gasteiger partial charge in [0.25, 0.3) is 0 Å². The molecule has 0 bridgehead atoms. The van der Waals surface area contributed by atoms with Gasteiger partial charge in [0.15, 0.2) is 0 Å². The Morgan fingerprint density at radius 3 is 2.52 bits per heavy atom. The van der Waals surface area contributed by atoms with E-state index in [2.05, 4.69) is 0 Å². The van der Waals surface area contributed by atoms with Gasteiger partial charge in [-0.05, 0) is 30.2 Å². The fourth-order valence-corrected chi connectivity index (χ4v) is 3.05. The lowest BCUT2D eigenvalue weighted by Crippen LogP contribution is -2.30. The molecule has 1 saturated heterocycles. The number of likely N-dealkylation sites (tertiary alicyclic amines) is 1. The van der Waals surface area contributed by atoms with E-state index in [-0.39, 0.29) is 19.1 Å². The summed E-state index contributed by atoms with van der Waals surface area (Å²) in [5.74, 6) is -0.683. The molecule has 0 spiro atoms.